The van der Waals surface area contributed by atoms with Gasteiger partial charge in [0.05, 0.1) is 5.56 Å². The molecule has 0 saturated heterocycles. The number of aromatic nitrogens is 3. The summed E-state index contributed by atoms with van der Waals surface area (Å²) in [5, 5.41) is 3.30. The van der Waals surface area contributed by atoms with Crippen molar-refractivity contribution in [2.75, 3.05) is 0 Å². The van der Waals surface area contributed by atoms with Crippen molar-refractivity contribution in [3.05, 3.63) is 88.9 Å². The SMILES string of the molecule is CC(=O)c1c(C)c(C(=O)c2ccccc2)n2c(C)[n+](-c3ccccc3)[nH]c12. The van der Waals surface area contributed by atoms with E-state index in [1.165, 1.54) is 6.92 Å². The van der Waals surface area contributed by atoms with Crippen LogP contribution in [0.3, 0.4) is 0 Å². The van der Waals surface area contributed by atoms with Gasteiger partial charge in [-0.05, 0) is 26.0 Å². The summed E-state index contributed by atoms with van der Waals surface area (Å²) in [5.41, 5.74) is 3.94. The Morgan fingerprint density at radius 3 is 2.11 bits per heavy atom. The number of hydrogen-bond acceptors (Lipinski definition) is 2. The zero-order chi connectivity index (χ0) is 19.1. The van der Waals surface area contributed by atoms with Gasteiger partial charge in [0.2, 0.25) is 11.4 Å². The molecule has 5 nitrogen and oxygen atoms in total. The van der Waals surface area contributed by atoms with Crippen LogP contribution in [-0.4, -0.2) is 21.1 Å². The minimum absolute atomic E-state index is 0.0708. The third kappa shape index (κ3) is 2.59. The number of Topliss-reactive ketones (excluding diaryl/α,β-unsaturated/α-hetero) is 1. The average Bonchev–Trinajstić information content (AvgIpc) is 3.15. The van der Waals surface area contributed by atoms with Crippen molar-refractivity contribution in [2.45, 2.75) is 20.8 Å². The molecular formula is C22H20N3O2+. The molecule has 0 aliphatic heterocycles. The summed E-state index contributed by atoms with van der Waals surface area (Å²) in [4.78, 5) is 25.6. The number of nitrogens with zero attached hydrogens (tertiary/aromatic N) is 2. The number of benzene rings is 2. The number of carbonyl (C=O) groups excluding carboxylic acids is 2. The second kappa shape index (κ2) is 6.36. The Labute approximate surface area is 156 Å². The number of H-pyrrole nitrogens is 1. The van der Waals surface area contributed by atoms with E-state index in [1.54, 1.807) is 12.1 Å². The molecule has 0 aliphatic rings. The van der Waals surface area contributed by atoms with E-state index in [4.69, 9.17) is 0 Å². The van der Waals surface area contributed by atoms with E-state index in [0.717, 1.165) is 11.5 Å². The van der Waals surface area contributed by atoms with Crippen molar-refractivity contribution in [1.82, 2.24) is 9.50 Å². The first kappa shape index (κ1) is 17.0. The Balaban J connectivity index is 2.04. The van der Waals surface area contributed by atoms with E-state index < -0.39 is 0 Å². The van der Waals surface area contributed by atoms with Crippen LogP contribution >= 0.6 is 0 Å². The monoisotopic (exact) mass is 358 g/mol. The quantitative estimate of drug-likeness (QED) is 0.448. The Morgan fingerprint density at radius 1 is 0.926 bits per heavy atom. The topological polar surface area (TPSA) is 58.2 Å². The number of para-hydroxylation sites is 1. The zero-order valence-corrected chi connectivity index (χ0v) is 15.5. The predicted molar refractivity (Wildman–Crippen MR) is 103 cm³/mol. The molecule has 5 heteroatoms. The lowest BCUT2D eigenvalue weighted by molar-refractivity contribution is -0.662. The average molecular weight is 358 g/mol. The number of carbonyl (C=O) groups is 2. The van der Waals surface area contributed by atoms with Crippen LogP contribution in [0.5, 0.6) is 0 Å². The smallest absolute Gasteiger partial charge is 0.284 e. The van der Waals surface area contributed by atoms with Crippen LogP contribution in [0.25, 0.3) is 11.3 Å². The normalized spacial score (nSPS) is 11.1. The van der Waals surface area contributed by atoms with Gasteiger partial charge in [-0.1, -0.05) is 48.5 Å². The van der Waals surface area contributed by atoms with E-state index in [0.29, 0.717) is 28.0 Å². The van der Waals surface area contributed by atoms with Gasteiger partial charge in [0.1, 0.15) is 0 Å². The van der Waals surface area contributed by atoms with Crippen LogP contribution in [0.15, 0.2) is 60.7 Å². The molecule has 134 valence electrons. The summed E-state index contributed by atoms with van der Waals surface area (Å²) in [6.07, 6.45) is 0. The lowest BCUT2D eigenvalue weighted by Crippen LogP contribution is -2.36. The summed E-state index contributed by atoms with van der Waals surface area (Å²) in [6.45, 7) is 5.30. The van der Waals surface area contributed by atoms with Gasteiger partial charge in [0.25, 0.3) is 5.82 Å². The number of rotatable bonds is 4. The number of aromatic amines is 1. The number of hydrogen-bond donors (Lipinski definition) is 1. The molecule has 0 bridgehead atoms. The van der Waals surface area contributed by atoms with Gasteiger partial charge in [-0.25, -0.2) is 0 Å². The van der Waals surface area contributed by atoms with Gasteiger partial charge in [-0.2, -0.15) is 9.50 Å². The van der Waals surface area contributed by atoms with Gasteiger partial charge < -0.3 is 0 Å². The first-order chi connectivity index (χ1) is 13.0. The summed E-state index contributed by atoms with van der Waals surface area (Å²) in [7, 11) is 0. The molecule has 0 saturated carbocycles. The molecular weight excluding hydrogens is 338 g/mol. The molecule has 0 fully saturated rings. The summed E-state index contributed by atoms with van der Waals surface area (Å²) < 4.78 is 3.75. The maximum absolute atomic E-state index is 13.3. The predicted octanol–water partition coefficient (Wildman–Crippen LogP) is 3.59. The second-order valence-electron chi connectivity index (χ2n) is 6.61. The van der Waals surface area contributed by atoms with Crippen LogP contribution in [0, 0.1) is 13.8 Å². The van der Waals surface area contributed by atoms with Crippen LogP contribution in [0.4, 0.5) is 0 Å². The first-order valence-electron chi connectivity index (χ1n) is 8.82. The fraction of sp³-hybridized carbons (Fsp3) is 0.136. The van der Waals surface area contributed by atoms with Gasteiger partial charge in [-0.3, -0.25) is 9.59 Å². The van der Waals surface area contributed by atoms with E-state index in [1.807, 2.05) is 71.5 Å². The van der Waals surface area contributed by atoms with Crippen LogP contribution in [0.1, 0.15) is 44.7 Å². The van der Waals surface area contributed by atoms with Crippen molar-refractivity contribution in [3.8, 4) is 5.69 Å². The Morgan fingerprint density at radius 2 is 1.52 bits per heavy atom. The largest absolute Gasteiger partial charge is 0.294 e. The zero-order valence-electron chi connectivity index (χ0n) is 15.5. The fourth-order valence-corrected chi connectivity index (χ4v) is 3.66. The van der Waals surface area contributed by atoms with Crippen molar-refractivity contribution < 1.29 is 14.3 Å². The highest BCUT2D eigenvalue weighted by Gasteiger charge is 2.33. The van der Waals surface area contributed by atoms with Gasteiger partial charge in [-0.15, -0.1) is 4.68 Å². The number of ketones is 2. The van der Waals surface area contributed by atoms with Crippen molar-refractivity contribution in [1.29, 1.82) is 0 Å². The first-order valence-corrected chi connectivity index (χ1v) is 8.82. The third-order valence-electron chi connectivity index (χ3n) is 4.90. The van der Waals surface area contributed by atoms with Gasteiger partial charge in [0, 0.05) is 18.1 Å². The van der Waals surface area contributed by atoms with Crippen LogP contribution in [0.2, 0.25) is 0 Å². The molecule has 27 heavy (non-hydrogen) atoms. The second-order valence-corrected chi connectivity index (χ2v) is 6.61. The number of aryl methyl sites for hydroxylation is 1. The van der Waals surface area contributed by atoms with Crippen molar-refractivity contribution in [3.63, 3.8) is 0 Å². The molecule has 2 heterocycles. The molecule has 1 N–H and O–H groups in total. The molecule has 0 unspecified atom stereocenters. The van der Waals surface area contributed by atoms with Gasteiger partial charge in [0.15, 0.2) is 17.2 Å². The summed E-state index contributed by atoms with van der Waals surface area (Å²) in [6, 6.07) is 18.9. The lowest BCUT2D eigenvalue weighted by atomic mass is 10.0. The summed E-state index contributed by atoms with van der Waals surface area (Å²) >= 11 is 0. The number of nitrogens with one attached hydrogen (secondary N) is 1. The van der Waals surface area contributed by atoms with Gasteiger partial charge >= 0.3 is 0 Å². The molecule has 0 amide bonds. The Bertz CT molecular complexity index is 1170. The Kier molecular flexibility index (Phi) is 4.00. The van der Waals surface area contributed by atoms with E-state index >= 15 is 0 Å². The van der Waals surface area contributed by atoms with Crippen LogP contribution < -0.4 is 4.68 Å². The van der Waals surface area contributed by atoms with E-state index in [2.05, 4.69) is 5.10 Å². The molecule has 0 aliphatic carbocycles. The lowest BCUT2D eigenvalue weighted by Gasteiger charge is -2.01. The maximum atomic E-state index is 13.3. The van der Waals surface area contributed by atoms with Crippen molar-refractivity contribution >= 4 is 17.2 Å². The molecule has 0 atom stereocenters. The van der Waals surface area contributed by atoms with E-state index in [-0.39, 0.29) is 11.6 Å². The number of fused-ring (bicyclic) bond motifs is 1. The van der Waals surface area contributed by atoms with Crippen molar-refractivity contribution in [2.24, 2.45) is 0 Å². The Hall–Kier alpha value is -3.47. The molecule has 0 spiro atoms. The van der Waals surface area contributed by atoms with Crippen LogP contribution in [-0.2, 0) is 0 Å². The molecule has 0 radical (unpaired) electrons. The molecule has 2 aromatic carbocycles. The minimum Gasteiger partial charge on any atom is -0.294 e. The molecule has 2 aromatic heterocycles. The third-order valence-corrected chi connectivity index (χ3v) is 4.90. The highest BCUT2D eigenvalue weighted by Crippen LogP contribution is 2.26. The summed E-state index contributed by atoms with van der Waals surface area (Å²) in [5.74, 6) is 0.655. The van der Waals surface area contributed by atoms with E-state index in [9.17, 15) is 9.59 Å². The minimum atomic E-state index is -0.0992. The molecule has 4 rings (SSSR count). The standard InChI is InChI=1S/C22H19N3O2/c1-14-19(15(2)26)22-23-25(18-12-8-5-9-13-18)16(3)24(22)20(14)21(27)17-10-6-4-7-11-17/h4-13H,1-3H3/p+1. The highest BCUT2D eigenvalue weighted by molar-refractivity contribution is 6.13. The maximum Gasteiger partial charge on any atom is 0.284 e. The fourth-order valence-electron chi connectivity index (χ4n) is 3.66. The molecule has 4 aromatic rings. The highest BCUT2D eigenvalue weighted by atomic mass is 16.1.